The summed E-state index contributed by atoms with van der Waals surface area (Å²) in [6, 6.07) is 14.0. The Bertz CT molecular complexity index is 1290. The quantitative estimate of drug-likeness (QED) is 0.313. The van der Waals surface area contributed by atoms with Crippen LogP contribution in [0.1, 0.15) is 35.3 Å². The number of amides is 1. The predicted molar refractivity (Wildman–Crippen MR) is 117 cm³/mol. The van der Waals surface area contributed by atoms with Crippen LogP contribution in [0.2, 0.25) is 0 Å². The summed E-state index contributed by atoms with van der Waals surface area (Å²) in [4.78, 5) is 13.7. The molecular formula is C24H21F4NO4S. The zero-order chi connectivity index (χ0) is 25.1. The van der Waals surface area contributed by atoms with Gasteiger partial charge < -0.3 is 9.08 Å². The van der Waals surface area contributed by atoms with E-state index in [0.717, 1.165) is 24.3 Å². The summed E-state index contributed by atoms with van der Waals surface area (Å²) in [7, 11) is -4.61. The topological polar surface area (TPSA) is 63.7 Å². The average Bonchev–Trinajstić information content (AvgIpc) is 2.77. The lowest BCUT2D eigenvalue weighted by Gasteiger charge is -2.27. The molecule has 0 radical (unpaired) electrons. The number of halogens is 4. The van der Waals surface area contributed by atoms with Crippen LogP contribution in [0.3, 0.4) is 0 Å². The summed E-state index contributed by atoms with van der Waals surface area (Å²) >= 11 is 0. The van der Waals surface area contributed by atoms with Crippen molar-refractivity contribution >= 4 is 16.0 Å². The summed E-state index contributed by atoms with van der Waals surface area (Å²) in [6.45, 7) is 3.39. The third-order valence-electron chi connectivity index (χ3n) is 4.92. The Morgan fingerprint density at radius 1 is 0.971 bits per heavy atom. The minimum atomic E-state index is -4.72. The van der Waals surface area contributed by atoms with Crippen LogP contribution >= 0.6 is 0 Å². The van der Waals surface area contributed by atoms with Crippen molar-refractivity contribution in [3.63, 3.8) is 0 Å². The predicted octanol–water partition coefficient (Wildman–Crippen LogP) is 5.66. The molecule has 10 heteroatoms. The number of hydrogen-bond donors (Lipinski definition) is 0. The van der Waals surface area contributed by atoms with Gasteiger partial charge in [0, 0.05) is 23.7 Å². The number of hydrogen-bond acceptors (Lipinski definition) is 4. The largest absolute Gasteiger partial charge is 0.416 e. The molecule has 0 aliphatic carbocycles. The number of rotatable bonds is 7. The van der Waals surface area contributed by atoms with Gasteiger partial charge in [-0.05, 0) is 56.3 Å². The second-order valence-electron chi connectivity index (χ2n) is 7.71. The zero-order valence-electron chi connectivity index (χ0n) is 18.2. The highest BCUT2D eigenvalue weighted by Gasteiger charge is 2.32. The molecule has 0 saturated heterocycles. The minimum Gasteiger partial charge on any atom is -0.379 e. The first-order chi connectivity index (χ1) is 15.9. The van der Waals surface area contributed by atoms with Crippen LogP contribution in [-0.2, 0) is 22.8 Å². The molecule has 180 valence electrons. The lowest BCUT2D eigenvalue weighted by Crippen LogP contribution is -2.36. The molecular weight excluding hydrogens is 474 g/mol. The first-order valence-electron chi connectivity index (χ1n) is 10.1. The molecule has 0 aromatic heterocycles. The molecule has 34 heavy (non-hydrogen) atoms. The van der Waals surface area contributed by atoms with Gasteiger partial charge in [0.25, 0.3) is 5.91 Å². The molecule has 5 nitrogen and oxygen atoms in total. The molecule has 3 rings (SSSR count). The Hall–Kier alpha value is -3.40. The second kappa shape index (κ2) is 9.84. The van der Waals surface area contributed by atoms with Crippen LogP contribution in [0.25, 0.3) is 0 Å². The normalized spacial score (nSPS) is 12.0. The second-order valence-corrected chi connectivity index (χ2v) is 9.25. The van der Waals surface area contributed by atoms with E-state index in [-0.39, 0.29) is 23.9 Å². The van der Waals surface area contributed by atoms with E-state index in [1.54, 1.807) is 19.9 Å². The molecule has 0 aliphatic rings. The van der Waals surface area contributed by atoms with Gasteiger partial charge in [-0.2, -0.15) is 21.6 Å². The molecule has 0 unspecified atom stereocenters. The highest BCUT2D eigenvalue weighted by atomic mass is 32.2. The monoisotopic (exact) mass is 495 g/mol. The fraction of sp³-hybridized carbons (Fsp3) is 0.208. The van der Waals surface area contributed by atoms with Gasteiger partial charge in [-0.25, -0.2) is 4.39 Å². The third kappa shape index (κ3) is 5.93. The number of para-hydroxylation sites is 1. The standard InChI is InChI=1S/C24H21F4NO4S/c1-16(2)29(23(30)17-8-5-10-20(25)13-17)15-18-7-3-4-12-22(18)33-34(31,32)21-11-6-9-19(14-21)24(26,27)28/h3-14,16H,15H2,1-2H3. The van der Waals surface area contributed by atoms with Crippen molar-refractivity contribution < 1.29 is 35.0 Å². The Balaban J connectivity index is 1.91. The number of alkyl halides is 3. The van der Waals surface area contributed by atoms with E-state index < -0.39 is 38.5 Å². The van der Waals surface area contributed by atoms with E-state index in [1.807, 2.05) is 0 Å². The highest BCUT2D eigenvalue weighted by Crippen LogP contribution is 2.32. The van der Waals surface area contributed by atoms with Crippen LogP contribution in [-0.4, -0.2) is 25.3 Å². The molecule has 1 amide bonds. The Morgan fingerprint density at radius 3 is 2.29 bits per heavy atom. The van der Waals surface area contributed by atoms with Crippen molar-refractivity contribution in [2.45, 2.75) is 37.5 Å². The van der Waals surface area contributed by atoms with E-state index >= 15 is 0 Å². The van der Waals surface area contributed by atoms with Crippen molar-refractivity contribution in [3.05, 3.63) is 95.3 Å². The molecule has 0 atom stereocenters. The van der Waals surface area contributed by atoms with Gasteiger partial charge in [0.1, 0.15) is 16.5 Å². The maximum Gasteiger partial charge on any atom is 0.416 e. The molecule has 0 bridgehead atoms. The fourth-order valence-corrected chi connectivity index (χ4v) is 4.18. The van der Waals surface area contributed by atoms with Gasteiger partial charge >= 0.3 is 16.3 Å². The molecule has 0 N–H and O–H groups in total. The third-order valence-corrected chi connectivity index (χ3v) is 6.15. The number of carbonyl (C=O) groups excluding carboxylic acids is 1. The summed E-state index contributed by atoms with van der Waals surface area (Å²) < 4.78 is 83.3. The van der Waals surface area contributed by atoms with E-state index in [4.69, 9.17) is 4.18 Å². The van der Waals surface area contributed by atoms with Crippen molar-refractivity contribution in [2.75, 3.05) is 0 Å². The minimum absolute atomic E-state index is 0.0820. The molecule has 0 heterocycles. The first kappa shape index (κ1) is 25.2. The van der Waals surface area contributed by atoms with E-state index in [1.165, 1.54) is 41.3 Å². The van der Waals surface area contributed by atoms with E-state index in [0.29, 0.717) is 11.6 Å². The van der Waals surface area contributed by atoms with Gasteiger partial charge in [0.05, 0.1) is 5.56 Å². The first-order valence-corrected chi connectivity index (χ1v) is 11.6. The van der Waals surface area contributed by atoms with E-state index in [2.05, 4.69) is 0 Å². The Kier molecular flexibility index (Phi) is 7.30. The van der Waals surface area contributed by atoms with Crippen molar-refractivity contribution in [1.82, 2.24) is 4.90 Å². The Morgan fingerprint density at radius 2 is 1.65 bits per heavy atom. The SMILES string of the molecule is CC(C)N(Cc1ccccc1OS(=O)(=O)c1cccc(C(F)(F)F)c1)C(=O)c1cccc(F)c1. The molecule has 0 fully saturated rings. The van der Waals surface area contributed by atoms with Gasteiger partial charge in [0.2, 0.25) is 0 Å². The number of nitrogens with zero attached hydrogens (tertiary/aromatic N) is 1. The lowest BCUT2D eigenvalue weighted by atomic mass is 10.1. The molecule has 0 saturated carbocycles. The number of benzene rings is 3. The van der Waals surface area contributed by atoms with Crippen LogP contribution in [0.15, 0.2) is 77.7 Å². The maximum absolute atomic E-state index is 13.6. The van der Waals surface area contributed by atoms with Crippen LogP contribution in [0, 0.1) is 5.82 Å². The Labute approximate surface area is 194 Å². The molecule has 0 spiro atoms. The van der Waals surface area contributed by atoms with Crippen molar-refractivity contribution in [3.8, 4) is 5.75 Å². The van der Waals surface area contributed by atoms with E-state index in [9.17, 15) is 30.8 Å². The highest BCUT2D eigenvalue weighted by molar-refractivity contribution is 7.87. The van der Waals surface area contributed by atoms with Gasteiger partial charge in [0.15, 0.2) is 0 Å². The van der Waals surface area contributed by atoms with Gasteiger partial charge in [-0.3, -0.25) is 4.79 Å². The fourth-order valence-electron chi connectivity index (χ4n) is 3.17. The molecule has 3 aromatic carbocycles. The van der Waals surface area contributed by atoms with Crippen LogP contribution in [0.5, 0.6) is 5.75 Å². The summed E-state index contributed by atoms with van der Waals surface area (Å²) in [5.41, 5.74) is -0.711. The van der Waals surface area contributed by atoms with Gasteiger partial charge in [-0.1, -0.05) is 30.3 Å². The van der Waals surface area contributed by atoms with Crippen LogP contribution < -0.4 is 4.18 Å². The lowest BCUT2D eigenvalue weighted by molar-refractivity contribution is -0.137. The number of carbonyl (C=O) groups is 1. The zero-order valence-corrected chi connectivity index (χ0v) is 19.0. The molecule has 3 aromatic rings. The smallest absolute Gasteiger partial charge is 0.379 e. The summed E-state index contributed by atoms with van der Waals surface area (Å²) in [5.74, 6) is -1.20. The molecule has 0 aliphatic heterocycles. The summed E-state index contributed by atoms with van der Waals surface area (Å²) in [5, 5.41) is 0. The maximum atomic E-state index is 13.6. The average molecular weight is 495 g/mol. The van der Waals surface area contributed by atoms with Crippen molar-refractivity contribution in [1.29, 1.82) is 0 Å². The van der Waals surface area contributed by atoms with Crippen molar-refractivity contribution in [2.24, 2.45) is 0 Å². The van der Waals surface area contributed by atoms with Gasteiger partial charge in [-0.15, -0.1) is 0 Å². The summed E-state index contributed by atoms with van der Waals surface area (Å²) in [6.07, 6.45) is -4.72. The van der Waals surface area contributed by atoms with Crippen LogP contribution in [0.4, 0.5) is 17.6 Å².